The van der Waals surface area contributed by atoms with Gasteiger partial charge in [-0.05, 0) is 23.8 Å². The highest BCUT2D eigenvalue weighted by Crippen LogP contribution is 2.12. The molecule has 0 saturated heterocycles. The molecule has 6 heteroatoms. The minimum absolute atomic E-state index is 0.0303. The van der Waals surface area contributed by atoms with Gasteiger partial charge in [-0.15, -0.1) is 0 Å². The number of hydrogen-bond donors (Lipinski definition) is 3. The van der Waals surface area contributed by atoms with Gasteiger partial charge < -0.3 is 20.3 Å². The normalized spacial score (nSPS) is 12.1. The van der Waals surface area contributed by atoms with E-state index in [1.165, 1.54) is 6.08 Å². The highest BCUT2D eigenvalue weighted by Gasteiger charge is 2.12. The van der Waals surface area contributed by atoms with Gasteiger partial charge in [0.15, 0.2) is 6.10 Å². The van der Waals surface area contributed by atoms with Crippen LogP contribution in [0.25, 0.3) is 6.08 Å². The third kappa shape index (κ3) is 5.53. The van der Waals surface area contributed by atoms with E-state index in [0.29, 0.717) is 0 Å². The lowest BCUT2D eigenvalue weighted by Crippen LogP contribution is -2.28. The predicted octanol–water partition coefficient (Wildman–Crippen LogP) is 0.660. The van der Waals surface area contributed by atoms with Crippen molar-refractivity contribution in [2.45, 2.75) is 12.5 Å². The second-order valence-corrected chi connectivity index (χ2v) is 4.04. The van der Waals surface area contributed by atoms with Crippen LogP contribution in [-0.2, 0) is 9.59 Å². The summed E-state index contributed by atoms with van der Waals surface area (Å²) in [4.78, 5) is 21.8. The average Bonchev–Trinajstić information content (AvgIpc) is 2.45. The van der Waals surface area contributed by atoms with E-state index in [0.717, 1.165) is 11.3 Å². The molecule has 1 aromatic rings. The van der Waals surface area contributed by atoms with E-state index in [4.69, 9.17) is 14.9 Å². The van der Waals surface area contributed by atoms with Crippen LogP contribution in [0.15, 0.2) is 30.3 Å². The van der Waals surface area contributed by atoms with Gasteiger partial charge in [-0.3, -0.25) is 4.79 Å². The molecule has 1 rings (SSSR count). The summed E-state index contributed by atoms with van der Waals surface area (Å²) in [5.41, 5.74) is 0.839. The number of methoxy groups -OCH3 is 1. The maximum absolute atomic E-state index is 11.4. The Morgan fingerprint density at radius 1 is 1.35 bits per heavy atom. The van der Waals surface area contributed by atoms with Crippen molar-refractivity contribution in [2.24, 2.45) is 0 Å². The van der Waals surface area contributed by atoms with E-state index in [9.17, 15) is 9.59 Å². The van der Waals surface area contributed by atoms with Crippen LogP contribution in [0.1, 0.15) is 12.0 Å². The molecule has 0 spiro atoms. The summed E-state index contributed by atoms with van der Waals surface area (Å²) in [7, 11) is 1.57. The van der Waals surface area contributed by atoms with Crippen LogP contribution < -0.4 is 10.1 Å². The third-order valence-electron chi connectivity index (χ3n) is 2.55. The molecule has 1 aromatic carbocycles. The van der Waals surface area contributed by atoms with Crippen molar-refractivity contribution in [3.05, 3.63) is 35.9 Å². The van der Waals surface area contributed by atoms with E-state index in [1.807, 2.05) is 0 Å². The van der Waals surface area contributed by atoms with Crippen molar-refractivity contribution < 1.29 is 24.5 Å². The molecule has 0 aliphatic rings. The van der Waals surface area contributed by atoms with Crippen LogP contribution in [0.3, 0.4) is 0 Å². The van der Waals surface area contributed by atoms with E-state index in [-0.39, 0.29) is 18.9 Å². The highest BCUT2D eigenvalue weighted by atomic mass is 16.5. The number of carbonyl (C=O) groups is 2. The number of carboxylic acids is 1. The Balaban J connectivity index is 2.37. The molecule has 0 heterocycles. The zero-order chi connectivity index (χ0) is 15.0. The first-order valence-electron chi connectivity index (χ1n) is 6.03. The second-order valence-electron chi connectivity index (χ2n) is 4.04. The lowest BCUT2D eigenvalue weighted by Gasteiger charge is -2.05. The first-order valence-corrected chi connectivity index (χ1v) is 6.03. The molecule has 0 unspecified atom stereocenters. The van der Waals surface area contributed by atoms with Crippen molar-refractivity contribution in [3.63, 3.8) is 0 Å². The minimum Gasteiger partial charge on any atom is -0.497 e. The van der Waals surface area contributed by atoms with Gasteiger partial charge in [-0.1, -0.05) is 12.1 Å². The number of hydrogen-bond acceptors (Lipinski definition) is 4. The average molecular weight is 279 g/mol. The number of ether oxygens (including phenoxy) is 1. The SMILES string of the molecule is COc1ccc(/C=C/C(=O)NCC[C@H](O)C(=O)O)cc1. The monoisotopic (exact) mass is 279 g/mol. The topological polar surface area (TPSA) is 95.9 Å². The second kappa shape index (κ2) is 7.96. The molecule has 0 aromatic heterocycles. The van der Waals surface area contributed by atoms with E-state index >= 15 is 0 Å². The quantitative estimate of drug-likeness (QED) is 0.637. The van der Waals surface area contributed by atoms with Gasteiger partial charge in [0.1, 0.15) is 5.75 Å². The summed E-state index contributed by atoms with van der Waals surface area (Å²) in [5, 5.41) is 20.0. The van der Waals surface area contributed by atoms with Crippen LogP contribution in [0.4, 0.5) is 0 Å². The van der Waals surface area contributed by atoms with Gasteiger partial charge in [-0.2, -0.15) is 0 Å². The number of amides is 1. The van der Waals surface area contributed by atoms with Crippen molar-refractivity contribution >= 4 is 18.0 Å². The molecule has 3 N–H and O–H groups in total. The number of aliphatic carboxylic acids is 1. The molecular formula is C14H17NO5. The number of nitrogens with one attached hydrogen (secondary N) is 1. The number of aliphatic hydroxyl groups excluding tert-OH is 1. The largest absolute Gasteiger partial charge is 0.497 e. The maximum atomic E-state index is 11.4. The van der Waals surface area contributed by atoms with Crippen LogP contribution in [0.5, 0.6) is 5.75 Å². The molecular weight excluding hydrogens is 262 g/mol. The Morgan fingerprint density at radius 3 is 2.55 bits per heavy atom. The standard InChI is InChI=1S/C14H17NO5/c1-20-11-5-2-10(3-6-11)4-7-13(17)15-9-8-12(16)14(18)19/h2-7,12,16H,8-9H2,1H3,(H,15,17)(H,18,19)/b7-4+/t12-/m0/s1. The fourth-order valence-electron chi connectivity index (χ4n) is 1.40. The van der Waals surface area contributed by atoms with Gasteiger partial charge in [-0.25, -0.2) is 4.79 Å². The Morgan fingerprint density at radius 2 is 2.00 bits per heavy atom. The summed E-state index contributed by atoms with van der Waals surface area (Å²) in [6.45, 7) is 0.0965. The molecule has 0 aliphatic heterocycles. The first kappa shape index (κ1) is 15.7. The summed E-state index contributed by atoms with van der Waals surface area (Å²) in [6, 6.07) is 7.16. The fraction of sp³-hybridized carbons (Fsp3) is 0.286. The van der Waals surface area contributed by atoms with Gasteiger partial charge in [0, 0.05) is 19.0 Å². The first-order chi connectivity index (χ1) is 9.52. The number of rotatable bonds is 7. The molecule has 0 saturated carbocycles. The molecule has 1 amide bonds. The number of carboxylic acid groups (broad SMARTS) is 1. The van der Waals surface area contributed by atoms with Crippen LogP contribution in [-0.4, -0.2) is 41.8 Å². The molecule has 20 heavy (non-hydrogen) atoms. The summed E-state index contributed by atoms with van der Waals surface area (Å²) in [5.74, 6) is -0.916. The third-order valence-corrected chi connectivity index (χ3v) is 2.55. The number of aliphatic hydroxyl groups is 1. The van der Waals surface area contributed by atoms with Gasteiger partial charge in [0.05, 0.1) is 7.11 Å². The van der Waals surface area contributed by atoms with E-state index in [2.05, 4.69) is 5.32 Å². The molecule has 6 nitrogen and oxygen atoms in total. The summed E-state index contributed by atoms with van der Waals surface area (Å²) >= 11 is 0. The molecule has 0 fully saturated rings. The van der Waals surface area contributed by atoms with Crippen molar-refractivity contribution in [1.82, 2.24) is 5.32 Å². The van der Waals surface area contributed by atoms with Crippen molar-refractivity contribution in [3.8, 4) is 5.75 Å². The van der Waals surface area contributed by atoms with E-state index in [1.54, 1.807) is 37.5 Å². The Labute approximate surface area is 116 Å². The van der Waals surface area contributed by atoms with E-state index < -0.39 is 12.1 Å². The smallest absolute Gasteiger partial charge is 0.332 e. The fourth-order valence-corrected chi connectivity index (χ4v) is 1.40. The van der Waals surface area contributed by atoms with Crippen LogP contribution >= 0.6 is 0 Å². The zero-order valence-electron chi connectivity index (χ0n) is 11.1. The zero-order valence-corrected chi connectivity index (χ0v) is 11.1. The Bertz CT molecular complexity index is 481. The van der Waals surface area contributed by atoms with Gasteiger partial charge in [0.25, 0.3) is 0 Å². The lowest BCUT2D eigenvalue weighted by molar-refractivity contribution is -0.147. The number of benzene rings is 1. The maximum Gasteiger partial charge on any atom is 0.332 e. The predicted molar refractivity (Wildman–Crippen MR) is 73.3 cm³/mol. The van der Waals surface area contributed by atoms with Gasteiger partial charge >= 0.3 is 5.97 Å². The minimum atomic E-state index is -1.46. The summed E-state index contributed by atoms with van der Waals surface area (Å²) < 4.78 is 5.01. The van der Waals surface area contributed by atoms with Crippen molar-refractivity contribution in [2.75, 3.05) is 13.7 Å². The molecule has 0 bridgehead atoms. The van der Waals surface area contributed by atoms with Crippen LogP contribution in [0.2, 0.25) is 0 Å². The molecule has 1 atom stereocenters. The Kier molecular flexibility index (Phi) is 6.25. The lowest BCUT2D eigenvalue weighted by atomic mass is 10.2. The number of carbonyl (C=O) groups excluding carboxylic acids is 1. The molecule has 108 valence electrons. The van der Waals surface area contributed by atoms with Gasteiger partial charge in [0.2, 0.25) is 5.91 Å². The van der Waals surface area contributed by atoms with Crippen molar-refractivity contribution in [1.29, 1.82) is 0 Å². The molecule has 0 radical (unpaired) electrons. The highest BCUT2D eigenvalue weighted by molar-refractivity contribution is 5.91. The summed E-state index contributed by atoms with van der Waals surface area (Å²) in [6.07, 6.45) is 1.48. The Hall–Kier alpha value is -2.34. The van der Waals surface area contributed by atoms with Crippen LogP contribution in [0, 0.1) is 0 Å². The molecule has 0 aliphatic carbocycles.